The summed E-state index contributed by atoms with van der Waals surface area (Å²) < 4.78 is 12.3. The van der Waals surface area contributed by atoms with Gasteiger partial charge in [0.1, 0.15) is 5.75 Å². The molecule has 0 aliphatic carbocycles. The predicted octanol–water partition coefficient (Wildman–Crippen LogP) is 14.7. The molecule has 47 heavy (non-hydrogen) atoms. The summed E-state index contributed by atoms with van der Waals surface area (Å²) >= 11 is 0. The summed E-state index contributed by atoms with van der Waals surface area (Å²) in [6, 6.07) is 26.3. The minimum atomic E-state index is 0.121. The molecule has 260 valence electrons. The fraction of sp³-hybridized carbons (Fsp3) is 0.600. The first-order valence-corrected chi connectivity index (χ1v) is 19.8. The van der Waals surface area contributed by atoms with Gasteiger partial charge in [-0.15, -0.1) is 0 Å². The van der Waals surface area contributed by atoms with Crippen molar-refractivity contribution in [2.75, 3.05) is 13.2 Å². The molecule has 3 aromatic rings. The van der Waals surface area contributed by atoms with Crippen molar-refractivity contribution in [1.29, 1.82) is 0 Å². The van der Waals surface area contributed by atoms with Gasteiger partial charge in [-0.3, -0.25) is 0 Å². The largest absolute Gasteiger partial charge is 0.494 e. The standard InChI is InChI=1S/C45H68O2/c1-4-6-8-10-12-14-16-18-20-22-26-38-47-43-35-33-42(34-36-43)45-28-24-23-27-44(45)41-31-29-40(30-32-41)39(3)46-37-25-21-19-17-15-13-11-9-7-5-2/h23-24,27-36,39H,4-22,25-26,37-38H2,1-3H3. The maximum Gasteiger partial charge on any atom is 0.119 e. The lowest BCUT2D eigenvalue weighted by Crippen LogP contribution is -2.02. The smallest absolute Gasteiger partial charge is 0.119 e. The number of hydrogen-bond donors (Lipinski definition) is 0. The summed E-state index contributed by atoms with van der Waals surface area (Å²) in [7, 11) is 0. The summed E-state index contributed by atoms with van der Waals surface area (Å²) in [4.78, 5) is 0. The van der Waals surface area contributed by atoms with Gasteiger partial charge in [-0.05, 0) is 59.7 Å². The van der Waals surface area contributed by atoms with E-state index in [1.54, 1.807) is 0 Å². The van der Waals surface area contributed by atoms with Crippen LogP contribution in [0.15, 0.2) is 72.8 Å². The number of hydrogen-bond acceptors (Lipinski definition) is 2. The van der Waals surface area contributed by atoms with Crippen molar-refractivity contribution in [3.8, 4) is 28.0 Å². The summed E-state index contributed by atoms with van der Waals surface area (Å²) in [6.45, 7) is 8.41. The van der Waals surface area contributed by atoms with Crippen LogP contribution in [-0.2, 0) is 4.74 Å². The Kier molecular flexibility index (Phi) is 21.0. The first kappa shape index (κ1) is 38.9. The third-order valence-corrected chi connectivity index (χ3v) is 9.67. The van der Waals surface area contributed by atoms with E-state index in [0.29, 0.717) is 0 Å². The van der Waals surface area contributed by atoms with Crippen molar-refractivity contribution in [2.24, 2.45) is 0 Å². The van der Waals surface area contributed by atoms with E-state index in [1.165, 1.54) is 150 Å². The van der Waals surface area contributed by atoms with E-state index in [4.69, 9.17) is 9.47 Å². The fourth-order valence-electron chi connectivity index (χ4n) is 6.55. The molecular formula is C45H68O2. The molecule has 0 radical (unpaired) electrons. The summed E-state index contributed by atoms with van der Waals surface area (Å²) in [5.41, 5.74) is 6.22. The number of unbranched alkanes of at least 4 members (excludes halogenated alkanes) is 19. The third-order valence-electron chi connectivity index (χ3n) is 9.67. The quantitative estimate of drug-likeness (QED) is 0.0735. The SMILES string of the molecule is CCCCCCCCCCCCCOc1ccc(-c2ccccc2-c2ccc(C(C)OCCCCCCCCCCCC)cc2)cc1. The molecule has 0 saturated heterocycles. The topological polar surface area (TPSA) is 18.5 Å². The molecule has 2 nitrogen and oxygen atoms in total. The zero-order valence-corrected chi connectivity index (χ0v) is 30.6. The predicted molar refractivity (Wildman–Crippen MR) is 205 cm³/mol. The molecule has 2 heteroatoms. The van der Waals surface area contributed by atoms with Crippen molar-refractivity contribution >= 4 is 0 Å². The van der Waals surface area contributed by atoms with Gasteiger partial charge < -0.3 is 9.47 Å². The molecule has 1 atom stereocenters. The Balaban J connectivity index is 1.35. The van der Waals surface area contributed by atoms with Crippen LogP contribution in [0.1, 0.15) is 167 Å². The van der Waals surface area contributed by atoms with Gasteiger partial charge in [-0.1, -0.05) is 197 Å². The van der Waals surface area contributed by atoms with Gasteiger partial charge in [0.05, 0.1) is 12.7 Å². The molecule has 3 aromatic carbocycles. The van der Waals surface area contributed by atoms with E-state index in [0.717, 1.165) is 31.8 Å². The molecule has 0 fully saturated rings. The molecule has 0 heterocycles. The molecule has 0 aromatic heterocycles. The highest BCUT2D eigenvalue weighted by molar-refractivity contribution is 5.83. The zero-order chi connectivity index (χ0) is 33.2. The molecule has 3 rings (SSSR count). The summed E-state index contributed by atoms with van der Waals surface area (Å²) in [5, 5.41) is 0. The van der Waals surface area contributed by atoms with Crippen LogP contribution in [0.25, 0.3) is 22.3 Å². The lowest BCUT2D eigenvalue weighted by Gasteiger charge is -2.15. The lowest BCUT2D eigenvalue weighted by molar-refractivity contribution is 0.0627. The Morgan fingerprint density at radius 1 is 0.426 bits per heavy atom. The van der Waals surface area contributed by atoms with Crippen molar-refractivity contribution in [3.05, 3.63) is 78.4 Å². The third kappa shape index (κ3) is 16.4. The van der Waals surface area contributed by atoms with Gasteiger partial charge in [0.15, 0.2) is 0 Å². The van der Waals surface area contributed by atoms with Crippen LogP contribution in [0.5, 0.6) is 5.75 Å². The van der Waals surface area contributed by atoms with E-state index >= 15 is 0 Å². The van der Waals surface area contributed by atoms with Crippen LogP contribution < -0.4 is 4.74 Å². The maximum absolute atomic E-state index is 6.21. The van der Waals surface area contributed by atoms with Crippen LogP contribution in [0.4, 0.5) is 0 Å². The van der Waals surface area contributed by atoms with Crippen LogP contribution >= 0.6 is 0 Å². The molecule has 0 spiro atoms. The number of rotatable bonds is 28. The molecule has 0 aliphatic rings. The summed E-state index contributed by atoms with van der Waals surface area (Å²) in [5.74, 6) is 0.967. The van der Waals surface area contributed by atoms with E-state index in [1.807, 2.05) is 0 Å². The highest BCUT2D eigenvalue weighted by atomic mass is 16.5. The zero-order valence-electron chi connectivity index (χ0n) is 30.6. The van der Waals surface area contributed by atoms with E-state index in [2.05, 4.69) is 93.6 Å². The van der Waals surface area contributed by atoms with Gasteiger partial charge >= 0.3 is 0 Å². The second-order valence-corrected chi connectivity index (χ2v) is 13.8. The summed E-state index contributed by atoms with van der Waals surface area (Å²) in [6.07, 6.45) is 28.6. The first-order chi connectivity index (χ1) is 23.2. The van der Waals surface area contributed by atoms with Crippen LogP contribution in [0.3, 0.4) is 0 Å². The van der Waals surface area contributed by atoms with Crippen LogP contribution in [-0.4, -0.2) is 13.2 Å². The fourth-order valence-corrected chi connectivity index (χ4v) is 6.55. The van der Waals surface area contributed by atoms with Crippen molar-refractivity contribution < 1.29 is 9.47 Å². The first-order valence-electron chi connectivity index (χ1n) is 19.8. The van der Waals surface area contributed by atoms with Gasteiger partial charge in [0.2, 0.25) is 0 Å². The van der Waals surface area contributed by atoms with Crippen LogP contribution in [0, 0.1) is 0 Å². The molecule has 1 unspecified atom stereocenters. The second-order valence-electron chi connectivity index (χ2n) is 13.8. The molecule has 0 aliphatic heterocycles. The molecule has 0 saturated carbocycles. The monoisotopic (exact) mass is 641 g/mol. The van der Waals surface area contributed by atoms with Gasteiger partial charge in [-0.25, -0.2) is 0 Å². The minimum Gasteiger partial charge on any atom is -0.494 e. The molecule has 0 amide bonds. The Hall–Kier alpha value is -2.58. The lowest BCUT2D eigenvalue weighted by atomic mass is 9.94. The molecule has 0 bridgehead atoms. The highest BCUT2D eigenvalue weighted by Crippen LogP contribution is 2.34. The van der Waals surface area contributed by atoms with Gasteiger partial charge in [0, 0.05) is 6.61 Å². The molecule has 0 N–H and O–H groups in total. The van der Waals surface area contributed by atoms with Gasteiger partial charge in [0.25, 0.3) is 0 Å². The van der Waals surface area contributed by atoms with Crippen molar-refractivity contribution in [1.82, 2.24) is 0 Å². The van der Waals surface area contributed by atoms with Gasteiger partial charge in [-0.2, -0.15) is 0 Å². The number of ether oxygens (including phenoxy) is 2. The Morgan fingerprint density at radius 3 is 1.26 bits per heavy atom. The van der Waals surface area contributed by atoms with E-state index in [-0.39, 0.29) is 6.10 Å². The Morgan fingerprint density at radius 2 is 0.809 bits per heavy atom. The average Bonchev–Trinajstić information content (AvgIpc) is 3.11. The average molecular weight is 641 g/mol. The second kappa shape index (κ2) is 25.4. The molecular weight excluding hydrogens is 572 g/mol. The van der Waals surface area contributed by atoms with Crippen molar-refractivity contribution in [3.63, 3.8) is 0 Å². The highest BCUT2D eigenvalue weighted by Gasteiger charge is 2.10. The van der Waals surface area contributed by atoms with E-state index in [9.17, 15) is 0 Å². The maximum atomic E-state index is 6.21. The van der Waals surface area contributed by atoms with Crippen LogP contribution in [0.2, 0.25) is 0 Å². The normalized spacial score (nSPS) is 12.0. The van der Waals surface area contributed by atoms with Crippen molar-refractivity contribution in [2.45, 2.75) is 162 Å². The Bertz CT molecular complexity index is 1150. The minimum absolute atomic E-state index is 0.121. The Labute approximate surface area is 290 Å². The van der Waals surface area contributed by atoms with E-state index < -0.39 is 0 Å². The number of benzene rings is 3.